The lowest BCUT2D eigenvalue weighted by Gasteiger charge is -2.15. The van der Waals surface area contributed by atoms with E-state index in [9.17, 15) is 18.0 Å². The third-order valence-corrected chi connectivity index (χ3v) is 4.08. The largest absolute Gasteiger partial charge is 0.433 e. The zero-order chi connectivity index (χ0) is 16.5. The molecule has 0 atom stereocenters. The van der Waals surface area contributed by atoms with Crippen molar-refractivity contribution >= 4 is 28.8 Å². The van der Waals surface area contributed by atoms with E-state index < -0.39 is 29.4 Å². The second kappa shape index (κ2) is 6.29. The highest BCUT2D eigenvalue weighted by molar-refractivity contribution is 7.16. The first-order chi connectivity index (χ1) is 10.2. The van der Waals surface area contributed by atoms with Crippen molar-refractivity contribution in [2.75, 3.05) is 0 Å². The normalized spacial score (nSPS) is 12.0. The van der Waals surface area contributed by atoms with Crippen LogP contribution in [0, 0.1) is 0 Å². The number of halogens is 4. The van der Waals surface area contributed by atoms with Crippen LogP contribution in [0.3, 0.4) is 0 Å². The molecule has 22 heavy (non-hydrogen) atoms. The molecule has 2 aromatic rings. The summed E-state index contributed by atoms with van der Waals surface area (Å²) >= 11 is 7.01. The maximum Gasteiger partial charge on any atom is 0.433 e. The minimum Gasteiger partial charge on any atom is -0.347 e. The summed E-state index contributed by atoms with van der Waals surface area (Å²) in [4.78, 5) is 12.8. The van der Waals surface area contributed by atoms with Gasteiger partial charge in [-0.05, 0) is 26.0 Å². The molecule has 0 spiro atoms. The summed E-state index contributed by atoms with van der Waals surface area (Å²) in [7, 11) is 0. The van der Waals surface area contributed by atoms with Crippen molar-refractivity contribution in [1.82, 2.24) is 15.1 Å². The number of nitrogens with one attached hydrogen (secondary N) is 1. The van der Waals surface area contributed by atoms with E-state index in [0.717, 1.165) is 15.8 Å². The quantitative estimate of drug-likeness (QED) is 0.900. The average Bonchev–Trinajstić information content (AvgIpc) is 3.01. The van der Waals surface area contributed by atoms with Crippen LogP contribution in [0.15, 0.2) is 18.3 Å². The van der Waals surface area contributed by atoms with Crippen LogP contribution >= 0.6 is 22.9 Å². The standard InChI is InChI=1S/C13H13ClF3N3OS/c1-7(2)20-11(13(15,16)17)9(6-19-20)12(21)18-5-8-3-4-10(14)22-8/h3-4,6-7H,5H2,1-2H3,(H,18,21). The Morgan fingerprint density at radius 3 is 2.64 bits per heavy atom. The molecule has 0 aromatic carbocycles. The van der Waals surface area contributed by atoms with E-state index in [1.165, 1.54) is 11.3 Å². The number of aromatic nitrogens is 2. The van der Waals surface area contributed by atoms with Gasteiger partial charge in [-0.25, -0.2) is 0 Å². The van der Waals surface area contributed by atoms with Crippen LogP contribution < -0.4 is 5.32 Å². The predicted molar refractivity (Wildman–Crippen MR) is 78.1 cm³/mol. The molecular formula is C13H13ClF3N3OS. The molecule has 4 nitrogen and oxygen atoms in total. The van der Waals surface area contributed by atoms with Gasteiger partial charge in [0.25, 0.3) is 5.91 Å². The number of hydrogen-bond donors (Lipinski definition) is 1. The SMILES string of the molecule is CC(C)n1ncc(C(=O)NCc2ccc(Cl)s2)c1C(F)(F)F. The second-order valence-electron chi connectivity index (χ2n) is 4.83. The smallest absolute Gasteiger partial charge is 0.347 e. The monoisotopic (exact) mass is 351 g/mol. The van der Waals surface area contributed by atoms with Gasteiger partial charge in [0.1, 0.15) is 0 Å². The Morgan fingerprint density at radius 2 is 2.14 bits per heavy atom. The molecule has 0 aliphatic heterocycles. The summed E-state index contributed by atoms with van der Waals surface area (Å²) in [5, 5.41) is 6.13. The lowest BCUT2D eigenvalue weighted by molar-refractivity contribution is -0.145. The molecule has 0 saturated carbocycles. The fraction of sp³-hybridized carbons (Fsp3) is 0.385. The van der Waals surface area contributed by atoms with Crippen LogP contribution in [0.1, 0.15) is 40.8 Å². The van der Waals surface area contributed by atoms with Gasteiger partial charge < -0.3 is 5.32 Å². The first kappa shape index (κ1) is 16.8. The Labute approximate surface area is 133 Å². The Kier molecular flexibility index (Phi) is 4.81. The first-order valence-electron chi connectivity index (χ1n) is 6.37. The van der Waals surface area contributed by atoms with Crippen LogP contribution in [-0.2, 0) is 12.7 Å². The van der Waals surface area contributed by atoms with Crippen molar-refractivity contribution in [2.45, 2.75) is 32.6 Å². The minimum atomic E-state index is -4.65. The van der Waals surface area contributed by atoms with E-state index in [1.807, 2.05) is 0 Å². The highest BCUT2D eigenvalue weighted by Crippen LogP contribution is 2.33. The Balaban J connectivity index is 2.22. The number of thiophene rings is 1. The van der Waals surface area contributed by atoms with Gasteiger partial charge in [-0.2, -0.15) is 18.3 Å². The lowest BCUT2D eigenvalue weighted by atomic mass is 10.2. The summed E-state index contributed by atoms with van der Waals surface area (Å²) < 4.78 is 40.9. The number of nitrogens with zero attached hydrogens (tertiary/aromatic N) is 2. The van der Waals surface area contributed by atoms with Crippen molar-refractivity contribution in [1.29, 1.82) is 0 Å². The van der Waals surface area contributed by atoms with E-state index in [0.29, 0.717) is 4.34 Å². The van der Waals surface area contributed by atoms with Crippen molar-refractivity contribution in [3.05, 3.63) is 38.8 Å². The van der Waals surface area contributed by atoms with Crippen LogP contribution in [0.25, 0.3) is 0 Å². The van der Waals surface area contributed by atoms with E-state index in [4.69, 9.17) is 11.6 Å². The zero-order valence-corrected chi connectivity index (χ0v) is 13.3. The van der Waals surface area contributed by atoms with Gasteiger partial charge in [0.2, 0.25) is 0 Å². The van der Waals surface area contributed by atoms with Gasteiger partial charge in [-0.15, -0.1) is 11.3 Å². The third kappa shape index (κ3) is 3.61. The molecule has 0 bridgehead atoms. The maximum atomic E-state index is 13.2. The van der Waals surface area contributed by atoms with Crippen molar-refractivity contribution in [3.8, 4) is 0 Å². The molecule has 9 heteroatoms. The fourth-order valence-electron chi connectivity index (χ4n) is 1.91. The number of carbonyl (C=O) groups is 1. The number of hydrogen-bond acceptors (Lipinski definition) is 3. The second-order valence-corrected chi connectivity index (χ2v) is 6.63. The minimum absolute atomic E-state index is 0.111. The van der Waals surface area contributed by atoms with Gasteiger partial charge in [0.05, 0.1) is 22.6 Å². The van der Waals surface area contributed by atoms with Crippen LogP contribution in [-0.4, -0.2) is 15.7 Å². The van der Waals surface area contributed by atoms with E-state index in [2.05, 4.69) is 10.4 Å². The zero-order valence-electron chi connectivity index (χ0n) is 11.7. The first-order valence-corrected chi connectivity index (χ1v) is 7.56. The summed E-state index contributed by atoms with van der Waals surface area (Å²) in [6.45, 7) is 3.25. The Morgan fingerprint density at radius 1 is 1.45 bits per heavy atom. The lowest BCUT2D eigenvalue weighted by Crippen LogP contribution is -2.26. The third-order valence-electron chi connectivity index (χ3n) is 2.85. The summed E-state index contributed by atoms with van der Waals surface area (Å²) in [5.41, 5.74) is -1.52. The number of alkyl halides is 3. The van der Waals surface area contributed by atoms with E-state index in [1.54, 1.807) is 26.0 Å². The molecule has 2 rings (SSSR count). The van der Waals surface area contributed by atoms with Crippen LogP contribution in [0.4, 0.5) is 13.2 Å². The van der Waals surface area contributed by atoms with Crippen molar-refractivity contribution in [3.63, 3.8) is 0 Å². The molecule has 0 aliphatic rings. The van der Waals surface area contributed by atoms with E-state index in [-0.39, 0.29) is 6.54 Å². The number of rotatable bonds is 4. The summed E-state index contributed by atoms with van der Waals surface area (Å²) in [5.74, 6) is -0.816. The van der Waals surface area contributed by atoms with Crippen LogP contribution in [0.5, 0.6) is 0 Å². The van der Waals surface area contributed by atoms with Crippen molar-refractivity contribution < 1.29 is 18.0 Å². The van der Waals surface area contributed by atoms with Gasteiger partial charge in [0, 0.05) is 10.9 Å². The molecule has 0 unspecified atom stereocenters. The molecular weight excluding hydrogens is 339 g/mol. The fourth-order valence-corrected chi connectivity index (χ4v) is 2.94. The average molecular weight is 352 g/mol. The van der Waals surface area contributed by atoms with E-state index >= 15 is 0 Å². The molecule has 120 valence electrons. The molecule has 0 fully saturated rings. The molecule has 2 heterocycles. The molecule has 0 radical (unpaired) electrons. The van der Waals surface area contributed by atoms with Crippen molar-refractivity contribution in [2.24, 2.45) is 0 Å². The maximum absolute atomic E-state index is 13.2. The molecule has 0 saturated heterocycles. The number of carbonyl (C=O) groups excluding carboxylic acids is 1. The predicted octanol–water partition coefficient (Wildman–Crippen LogP) is 4.13. The summed E-state index contributed by atoms with van der Waals surface area (Å²) in [6.07, 6.45) is -3.71. The Bertz CT molecular complexity index is 678. The number of amides is 1. The topological polar surface area (TPSA) is 46.9 Å². The Hall–Kier alpha value is -1.54. The van der Waals surface area contributed by atoms with Crippen LogP contribution in [0.2, 0.25) is 4.34 Å². The van der Waals surface area contributed by atoms with Gasteiger partial charge >= 0.3 is 6.18 Å². The molecule has 2 aromatic heterocycles. The van der Waals surface area contributed by atoms with Gasteiger partial charge in [0.15, 0.2) is 5.69 Å². The highest BCUT2D eigenvalue weighted by Gasteiger charge is 2.40. The highest BCUT2D eigenvalue weighted by atomic mass is 35.5. The molecule has 1 N–H and O–H groups in total. The summed E-state index contributed by atoms with van der Waals surface area (Å²) in [6, 6.07) is 2.86. The molecule has 0 aliphatic carbocycles. The molecule has 1 amide bonds. The van der Waals surface area contributed by atoms with Gasteiger partial charge in [-0.1, -0.05) is 11.6 Å². The van der Waals surface area contributed by atoms with Gasteiger partial charge in [-0.3, -0.25) is 9.48 Å².